The van der Waals surface area contributed by atoms with Gasteiger partial charge in [-0.15, -0.1) is 0 Å². The van der Waals surface area contributed by atoms with Gasteiger partial charge in [-0.05, 0) is 12.8 Å². The number of hydrogen-bond donors (Lipinski definition) is 4. The first-order chi connectivity index (χ1) is 5.93. The molecule has 0 heterocycles. The summed E-state index contributed by atoms with van der Waals surface area (Å²) in [4.78, 5) is 0. The molecule has 0 radical (unpaired) electrons. The van der Waals surface area contributed by atoms with E-state index in [4.69, 9.17) is 20.5 Å². The van der Waals surface area contributed by atoms with Crippen molar-refractivity contribution in [1.29, 1.82) is 0 Å². The molecule has 5 N–H and O–H groups in total. The average Bonchev–Trinajstić information content (AvgIpc) is 2.02. The van der Waals surface area contributed by atoms with E-state index in [0.29, 0.717) is 0 Å². The number of nitrogens with two attached hydrogens (primary N) is 1. The van der Waals surface area contributed by atoms with Crippen molar-refractivity contribution in [2.45, 2.75) is 17.6 Å². The Labute approximate surface area is 107 Å². The number of aliphatic hydroxyl groups is 2. The van der Waals surface area contributed by atoms with Gasteiger partial charge in [0.1, 0.15) is 4.75 Å². The van der Waals surface area contributed by atoms with Crippen LogP contribution in [0.25, 0.3) is 0 Å². The van der Waals surface area contributed by atoms with E-state index in [2.05, 4.69) is 0 Å². The number of hydrogen-bond acceptors (Lipinski definition) is 5. The van der Waals surface area contributed by atoms with Gasteiger partial charge < -0.3 is 17.4 Å². The van der Waals surface area contributed by atoms with E-state index in [0.717, 1.165) is 0 Å². The Morgan fingerprint density at radius 1 is 1.21 bits per heavy atom. The third-order valence-corrected chi connectivity index (χ3v) is 3.72. The van der Waals surface area contributed by atoms with Crippen molar-refractivity contribution in [2.75, 3.05) is 19.8 Å². The summed E-state index contributed by atoms with van der Waals surface area (Å²) in [6.45, 7) is -1.14. The largest absolute Gasteiger partial charge is 1.00 e. The molecule has 0 rings (SSSR count). The molecule has 0 bridgehead atoms. The maximum Gasteiger partial charge on any atom is 1.00 e. The van der Waals surface area contributed by atoms with Crippen molar-refractivity contribution >= 4 is 10.1 Å². The molecule has 0 saturated heterocycles. The monoisotopic (exact) mass is 237 g/mol. The Kier molecular flexibility index (Phi) is 8.75. The van der Waals surface area contributed by atoms with Crippen LogP contribution in [0.3, 0.4) is 0 Å². The zero-order chi connectivity index (χ0) is 10.5. The first-order valence-electron chi connectivity index (χ1n) is 3.82. The molecule has 0 amide bonds. The summed E-state index contributed by atoms with van der Waals surface area (Å²) in [6, 6.07) is 0. The summed E-state index contributed by atoms with van der Waals surface area (Å²) in [7, 11) is -4.35. The standard InChI is InChI=1S/C6H15NO5S.Na.H/c7-5-6(1-3-8,2-4-9)13(10,11)12;;/h8-9H,1-5,7H2,(H,10,11,12);;/q;+1;-1. The summed E-state index contributed by atoms with van der Waals surface area (Å²) in [5.74, 6) is 0. The first kappa shape index (κ1) is 17.2. The number of rotatable bonds is 6. The minimum absolute atomic E-state index is 0. The van der Waals surface area contributed by atoms with E-state index in [1.807, 2.05) is 0 Å². The Morgan fingerprint density at radius 3 is 1.71 bits per heavy atom. The summed E-state index contributed by atoms with van der Waals surface area (Å²) in [6.07, 6.45) is -0.355. The van der Waals surface area contributed by atoms with Gasteiger partial charge in [-0.2, -0.15) is 8.42 Å². The second-order valence-corrected chi connectivity index (χ2v) is 4.63. The van der Waals surface area contributed by atoms with Crippen LogP contribution in [0.15, 0.2) is 0 Å². The van der Waals surface area contributed by atoms with Crippen LogP contribution < -0.4 is 35.3 Å². The molecule has 0 aliphatic carbocycles. The topological polar surface area (TPSA) is 121 Å². The zero-order valence-electron chi connectivity index (χ0n) is 9.18. The van der Waals surface area contributed by atoms with Crippen molar-refractivity contribution in [3.63, 3.8) is 0 Å². The predicted molar refractivity (Wildman–Crippen MR) is 47.9 cm³/mol. The summed E-state index contributed by atoms with van der Waals surface area (Å²) in [5.41, 5.74) is 5.20. The molecule has 14 heavy (non-hydrogen) atoms. The zero-order valence-corrected chi connectivity index (χ0v) is 11.0. The van der Waals surface area contributed by atoms with Crippen LogP contribution >= 0.6 is 0 Å². The van der Waals surface area contributed by atoms with Gasteiger partial charge in [0.15, 0.2) is 0 Å². The van der Waals surface area contributed by atoms with E-state index in [1.54, 1.807) is 0 Å². The van der Waals surface area contributed by atoms with Crippen LogP contribution in [-0.4, -0.2) is 47.7 Å². The fourth-order valence-electron chi connectivity index (χ4n) is 1.10. The van der Waals surface area contributed by atoms with Gasteiger partial charge in [0.05, 0.1) is 0 Å². The van der Waals surface area contributed by atoms with Crippen molar-refractivity contribution in [2.24, 2.45) is 5.73 Å². The minimum atomic E-state index is -4.35. The molecule has 6 nitrogen and oxygen atoms in total. The smallest absolute Gasteiger partial charge is 1.00 e. The van der Waals surface area contributed by atoms with E-state index < -0.39 is 28.1 Å². The van der Waals surface area contributed by atoms with Gasteiger partial charge in [0.25, 0.3) is 10.1 Å². The van der Waals surface area contributed by atoms with Crippen LogP contribution in [0.2, 0.25) is 0 Å². The molecule has 0 fully saturated rings. The van der Waals surface area contributed by atoms with Gasteiger partial charge >= 0.3 is 29.6 Å². The predicted octanol–water partition coefficient (Wildman–Crippen LogP) is -4.55. The normalized spacial score (nSPS) is 12.3. The Morgan fingerprint density at radius 2 is 1.57 bits per heavy atom. The van der Waals surface area contributed by atoms with E-state index >= 15 is 0 Å². The third-order valence-electron chi connectivity index (χ3n) is 2.05. The van der Waals surface area contributed by atoms with Crippen LogP contribution in [0.4, 0.5) is 0 Å². The number of aliphatic hydroxyl groups excluding tert-OH is 2. The quantitative estimate of drug-likeness (QED) is 0.273. The van der Waals surface area contributed by atoms with Crippen LogP contribution in [0, 0.1) is 0 Å². The Hall–Kier alpha value is 0.790. The molecule has 82 valence electrons. The molecule has 0 unspecified atom stereocenters. The van der Waals surface area contributed by atoms with Crippen molar-refractivity contribution in [3.8, 4) is 0 Å². The maximum absolute atomic E-state index is 10.9. The van der Waals surface area contributed by atoms with Gasteiger partial charge in [0.2, 0.25) is 0 Å². The summed E-state index contributed by atoms with van der Waals surface area (Å²) < 4.78 is 29.1. The van der Waals surface area contributed by atoms with Gasteiger partial charge in [-0.3, -0.25) is 4.55 Å². The molecular formula is C6H16NNaO5S. The fourth-order valence-corrected chi connectivity index (χ4v) is 2.01. The van der Waals surface area contributed by atoms with Crippen molar-refractivity contribution in [3.05, 3.63) is 0 Å². The molecule has 0 aromatic heterocycles. The summed E-state index contributed by atoms with van der Waals surface area (Å²) >= 11 is 0. The minimum Gasteiger partial charge on any atom is -1.00 e. The fraction of sp³-hybridized carbons (Fsp3) is 1.00. The molecule has 0 aliphatic heterocycles. The Balaban J connectivity index is -0.000000720. The van der Waals surface area contributed by atoms with Gasteiger partial charge in [0, 0.05) is 19.8 Å². The SMILES string of the molecule is NCC(CCO)(CCO)S(=O)(=O)O.[H-].[Na+]. The van der Waals surface area contributed by atoms with Gasteiger partial charge in [-0.1, -0.05) is 0 Å². The molecular weight excluding hydrogens is 221 g/mol. The molecule has 0 aromatic carbocycles. The van der Waals surface area contributed by atoms with E-state index in [-0.39, 0.29) is 50.4 Å². The van der Waals surface area contributed by atoms with Crippen LogP contribution in [0.1, 0.15) is 14.3 Å². The third kappa shape index (κ3) is 4.11. The first-order valence-corrected chi connectivity index (χ1v) is 5.26. The summed E-state index contributed by atoms with van der Waals surface area (Å²) in [5, 5.41) is 17.2. The van der Waals surface area contributed by atoms with Crippen molar-refractivity contribution < 1.29 is 54.2 Å². The van der Waals surface area contributed by atoms with E-state index in [9.17, 15) is 8.42 Å². The molecule has 0 aliphatic rings. The molecule has 0 atom stereocenters. The second-order valence-electron chi connectivity index (χ2n) is 2.81. The van der Waals surface area contributed by atoms with Crippen LogP contribution in [-0.2, 0) is 10.1 Å². The van der Waals surface area contributed by atoms with Crippen molar-refractivity contribution in [1.82, 2.24) is 0 Å². The molecule has 8 heteroatoms. The van der Waals surface area contributed by atoms with Gasteiger partial charge in [-0.25, -0.2) is 0 Å². The molecule has 0 saturated carbocycles. The van der Waals surface area contributed by atoms with Crippen LogP contribution in [0.5, 0.6) is 0 Å². The molecule has 0 aromatic rings. The molecule has 0 spiro atoms. The Bertz CT molecular complexity index is 242. The average molecular weight is 237 g/mol. The van der Waals surface area contributed by atoms with E-state index in [1.165, 1.54) is 0 Å². The second kappa shape index (κ2) is 7.13. The maximum atomic E-state index is 10.9.